The van der Waals surface area contributed by atoms with Crippen molar-refractivity contribution in [2.75, 3.05) is 11.9 Å². The van der Waals surface area contributed by atoms with Crippen LogP contribution in [0.15, 0.2) is 53.5 Å². The normalized spacial score (nSPS) is 11.2. The van der Waals surface area contributed by atoms with E-state index in [0.29, 0.717) is 29.6 Å². The minimum absolute atomic E-state index is 0.385. The lowest BCUT2D eigenvalue weighted by atomic mass is 10.1. The highest BCUT2D eigenvalue weighted by Crippen LogP contribution is 2.15. The van der Waals surface area contributed by atoms with Crippen LogP contribution in [-0.4, -0.2) is 18.5 Å². The van der Waals surface area contributed by atoms with E-state index >= 15 is 0 Å². The van der Waals surface area contributed by atoms with Crippen LogP contribution in [0.5, 0.6) is 0 Å². The summed E-state index contributed by atoms with van der Waals surface area (Å²) in [5.74, 6) is 0.385. The zero-order chi connectivity index (χ0) is 16.7. The molecule has 2 amide bonds. The molecule has 0 spiro atoms. The number of aryl methyl sites for hydroxylation is 1. The van der Waals surface area contributed by atoms with Crippen molar-refractivity contribution >= 4 is 29.2 Å². The number of rotatable bonds is 4. The van der Waals surface area contributed by atoms with Gasteiger partial charge in [-0.3, -0.25) is 0 Å². The molecule has 2 rings (SSSR count). The van der Waals surface area contributed by atoms with Crippen LogP contribution in [0.4, 0.5) is 10.5 Å². The van der Waals surface area contributed by atoms with E-state index in [1.807, 2.05) is 38.1 Å². The number of urea groups is 1. The average molecular weight is 331 g/mol. The van der Waals surface area contributed by atoms with Crippen molar-refractivity contribution in [2.45, 2.75) is 20.3 Å². The molecular formula is C18H19ClN2O2. The summed E-state index contributed by atoms with van der Waals surface area (Å²) in [6.45, 7) is 4.34. The second-order valence-electron chi connectivity index (χ2n) is 5.04. The fourth-order valence-electron chi connectivity index (χ4n) is 2.00. The predicted octanol–water partition coefficient (Wildman–Crippen LogP) is 4.86. The maximum atomic E-state index is 12.0. The summed E-state index contributed by atoms with van der Waals surface area (Å²) >= 11 is 5.89. The first-order valence-electron chi connectivity index (χ1n) is 7.39. The molecule has 0 saturated carbocycles. The van der Waals surface area contributed by atoms with Crippen LogP contribution in [0.2, 0.25) is 5.02 Å². The lowest BCUT2D eigenvalue weighted by Crippen LogP contribution is -2.15. The fraction of sp³-hybridized carbons (Fsp3) is 0.222. The van der Waals surface area contributed by atoms with Crippen LogP contribution in [0, 0.1) is 6.92 Å². The SMILES string of the molecule is CCO/C(Cc1ccc(C)cc1)=N\C(=O)Nc1cccc(Cl)c1. The molecule has 0 atom stereocenters. The molecule has 0 radical (unpaired) electrons. The van der Waals surface area contributed by atoms with E-state index in [-0.39, 0.29) is 0 Å². The largest absolute Gasteiger partial charge is 0.481 e. The Balaban J connectivity index is 2.07. The van der Waals surface area contributed by atoms with Gasteiger partial charge in [0.25, 0.3) is 0 Å². The quantitative estimate of drug-likeness (QED) is 0.643. The van der Waals surface area contributed by atoms with Crippen molar-refractivity contribution in [3.8, 4) is 0 Å². The first kappa shape index (κ1) is 17.0. The smallest absolute Gasteiger partial charge is 0.348 e. The Hall–Kier alpha value is -2.33. The number of nitrogens with zero attached hydrogens (tertiary/aromatic N) is 1. The number of benzene rings is 2. The minimum Gasteiger partial charge on any atom is -0.481 e. The number of carbonyl (C=O) groups is 1. The third-order valence-electron chi connectivity index (χ3n) is 3.09. The van der Waals surface area contributed by atoms with Gasteiger partial charge in [-0.25, -0.2) is 4.79 Å². The summed E-state index contributed by atoms with van der Waals surface area (Å²) in [4.78, 5) is 16.0. The van der Waals surface area contributed by atoms with E-state index in [1.165, 1.54) is 5.56 Å². The number of carbonyl (C=O) groups excluding carboxylic acids is 1. The lowest BCUT2D eigenvalue weighted by molar-refractivity contribution is 0.257. The molecule has 0 bridgehead atoms. The summed E-state index contributed by atoms with van der Waals surface area (Å²) in [6, 6.07) is 14.5. The molecule has 0 unspecified atom stereocenters. The number of hydrogen-bond acceptors (Lipinski definition) is 2. The molecule has 0 aliphatic carbocycles. The van der Waals surface area contributed by atoms with Crippen molar-refractivity contribution in [1.82, 2.24) is 0 Å². The van der Waals surface area contributed by atoms with Crippen LogP contribution in [0.3, 0.4) is 0 Å². The van der Waals surface area contributed by atoms with Gasteiger partial charge in [-0.1, -0.05) is 47.5 Å². The Morgan fingerprint density at radius 2 is 1.96 bits per heavy atom. The molecule has 0 aromatic heterocycles. The van der Waals surface area contributed by atoms with Gasteiger partial charge in [-0.15, -0.1) is 0 Å². The Morgan fingerprint density at radius 3 is 2.61 bits per heavy atom. The van der Waals surface area contributed by atoms with E-state index in [0.717, 1.165) is 5.56 Å². The van der Waals surface area contributed by atoms with E-state index < -0.39 is 6.03 Å². The first-order valence-corrected chi connectivity index (χ1v) is 7.77. The summed E-state index contributed by atoms with van der Waals surface area (Å²) < 4.78 is 5.47. The monoisotopic (exact) mass is 330 g/mol. The van der Waals surface area contributed by atoms with E-state index in [4.69, 9.17) is 16.3 Å². The highest BCUT2D eigenvalue weighted by Gasteiger charge is 2.07. The second kappa shape index (κ2) is 8.34. The third kappa shape index (κ3) is 5.75. The molecule has 2 aromatic carbocycles. The van der Waals surface area contributed by atoms with Crippen molar-refractivity contribution in [3.05, 3.63) is 64.7 Å². The Morgan fingerprint density at radius 1 is 1.22 bits per heavy atom. The summed E-state index contributed by atoms with van der Waals surface area (Å²) in [5.41, 5.74) is 2.82. The molecule has 23 heavy (non-hydrogen) atoms. The van der Waals surface area contributed by atoms with Gasteiger partial charge >= 0.3 is 6.03 Å². The number of aliphatic imine (C=N–C) groups is 1. The molecule has 0 aliphatic rings. The molecule has 0 aliphatic heterocycles. The number of anilines is 1. The Bertz CT molecular complexity index is 696. The molecule has 120 valence electrons. The van der Waals surface area contributed by atoms with Gasteiger partial charge in [0, 0.05) is 17.1 Å². The summed E-state index contributed by atoms with van der Waals surface area (Å²) in [6.07, 6.45) is 0.469. The molecule has 2 aromatic rings. The van der Waals surface area contributed by atoms with Crippen LogP contribution in [0.1, 0.15) is 18.1 Å². The van der Waals surface area contributed by atoms with E-state index in [1.54, 1.807) is 24.3 Å². The number of nitrogens with one attached hydrogen (secondary N) is 1. The Kier molecular flexibility index (Phi) is 6.18. The molecule has 1 N–H and O–H groups in total. The van der Waals surface area contributed by atoms with Crippen molar-refractivity contribution in [1.29, 1.82) is 0 Å². The van der Waals surface area contributed by atoms with E-state index in [2.05, 4.69) is 10.3 Å². The van der Waals surface area contributed by atoms with Crippen LogP contribution in [-0.2, 0) is 11.2 Å². The summed E-state index contributed by atoms with van der Waals surface area (Å²) in [7, 11) is 0. The fourth-order valence-corrected chi connectivity index (χ4v) is 2.19. The van der Waals surface area contributed by atoms with Crippen LogP contribution < -0.4 is 5.32 Å². The highest BCUT2D eigenvalue weighted by molar-refractivity contribution is 6.30. The maximum absolute atomic E-state index is 12.0. The van der Waals surface area contributed by atoms with Gasteiger partial charge in [0.2, 0.25) is 0 Å². The Labute approximate surface area is 141 Å². The highest BCUT2D eigenvalue weighted by atomic mass is 35.5. The van der Waals surface area contributed by atoms with Crippen molar-refractivity contribution in [2.24, 2.45) is 4.99 Å². The van der Waals surface area contributed by atoms with Gasteiger partial charge in [0.1, 0.15) is 0 Å². The lowest BCUT2D eigenvalue weighted by Gasteiger charge is -2.08. The zero-order valence-corrected chi connectivity index (χ0v) is 13.9. The molecule has 4 nitrogen and oxygen atoms in total. The number of hydrogen-bond donors (Lipinski definition) is 1. The second-order valence-corrected chi connectivity index (χ2v) is 5.48. The molecule has 0 heterocycles. The van der Waals surface area contributed by atoms with Crippen molar-refractivity contribution < 1.29 is 9.53 Å². The number of halogens is 1. The molecule has 0 fully saturated rings. The third-order valence-corrected chi connectivity index (χ3v) is 3.32. The maximum Gasteiger partial charge on any atom is 0.348 e. The molecular weight excluding hydrogens is 312 g/mol. The average Bonchev–Trinajstić information content (AvgIpc) is 2.49. The van der Waals surface area contributed by atoms with Crippen LogP contribution in [0.25, 0.3) is 0 Å². The van der Waals surface area contributed by atoms with Crippen molar-refractivity contribution in [3.63, 3.8) is 0 Å². The summed E-state index contributed by atoms with van der Waals surface area (Å²) in [5, 5.41) is 3.23. The van der Waals surface area contributed by atoms with Gasteiger partial charge in [0.15, 0.2) is 5.90 Å². The predicted molar refractivity (Wildman–Crippen MR) is 94.4 cm³/mol. The zero-order valence-electron chi connectivity index (χ0n) is 13.2. The number of amides is 2. The van der Waals surface area contributed by atoms with Gasteiger partial charge in [0.05, 0.1) is 6.61 Å². The van der Waals surface area contributed by atoms with E-state index in [9.17, 15) is 4.79 Å². The van der Waals surface area contributed by atoms with Gasteiger partial charge in [-0.2, -0.15) is 4.99 Å². The van der Waals surface area contributed by atoms with Gasteiger partial charge in [-0.05, 0) is 37.6 Å². The molecule has 5 heteroatoms. The van der Waals surface area contributed by atoms with Crippen LogP contribution >= 0.6 is 11.6 Å². The minimum atomic E-state index is -0.483. The first-order chi connectivity index (χ1) is 11.1. The topological polar surface area (TPSA) is 50.7 Å². The number of ether oxygens (including phenoxy) is 1. The molecule has 0 saturated heterocycles. The standard InChI is InChI=1S/C18H19ClN2O2/c1-3-23-17(11-14-9-7-13(2)8-10-14)21-18(22)20-16-6-4-5-15(19)12-16/h4-10,12H,3,11H2,1-2H3,(H,20,22)/b21-17-. The van der Waals surface area contributed by atoms with Gasteiger partial charge < -0.3 is 10.1 Å².